The Hall–Kier alpha value is -1.35. The summed E-state index contributed by atoms with van der Waals surface area (Å²) in [4.78, 5) is 3.99. The van der Waals surface area contributed by atoms with E-state index in [9.17, 15) is 5.26 Å². The molecule has 0 saturated carbocycles. The molecule has 100 valence electrons. The summed E-state index contributed by atoms with van der Waals surface area (Å²) in [5.41, 5.74) is 1.89. The molecule has 1 aromatic carbocycles. The second kappa shape index (κ2) is 5.96. The molecule has 0 amide bonds. The molecule has 0 spiro atoms. The fraction of sp³-hybridized carbons (Fsp3) is 0.143. The van der Waals surface area contributed by atoms with Gasteiger partial charge in [0.25, 0.3) is 0 Å². The van der Waals surface area contributed by atoms with Gasteiger partial charge >= 0.3 is 0 Å². The molecule has 1 aliphatic rings. The molecule has 1 saturated heterocycles. The molecule has 0 aliphatic carbocycles. The summed E-state index contributed by atoms with van der Waals surface area (Å²) in [6, 6.07) is 10.2. The van der Waals surface area contributed by atoms with Crippen LogP contribution in [0, 0.1) is 11.3 Å². The molecule has 2 heterocycles. The molecule has 1 unspecified atom stereocenters. The SMILES string of the molecule is N#CC(=C1SCC(c2ccc(Cl)cc2)S1)n1ccnc1. The van der Waals surface area contributed by atoms with Crippen LogP contribution in [0.25, 0.3) is 5.70 Å². The van der Waals surface area contributed by atoms with Gasteiger partial charge in [-0.3, -0.25) is 4.57 Å². The van der Waals surface area contributed by atoms with Crippen molar-refractivity contribution >= 4 is 40.8 Å². The highest BCUT2D eigenvalue weighted by Crippen LogP contribution is 2.52. The average Bonchev–Trinajstić information content (AvgIpc) is 3.12. The zero-order valence-corrected chi connectivity index (χ0v) is 12.8. The fourth-order valence-corrected chi connectivity index (χ4v) is 4.94. The van der Waals surface area contributed by atoms with E-state index in [1.54, 1.807) is 46.8 Å². The number of benzene rings is 1. The van der Waals surface area contributed by atoms with Crippen molar-refractivity contribution in [3.8, 4) is 6.07 Å². The van der Waals surface area contributed by atoms with Crippen LogP contribution in [-0.2, 0) is 0 Å². The number of thioether (sulfide) groups is 2. The Morgan fingerprint density at radius 1 is 1.40 bits per heavy atom. The third kappa shape index (κ3) is 2.73. The number of imidazole rings is 1. The highest BCUT2D eigenvalue weighted by Gasteiger charge is 2.26. The summed E-state index contributed by atoms with van der Waals surface area (Å²) in [6.45, 7) is 0. The second-order valence-corrected chi connectivity index (χ2v) is 7.12. The highest BCUT2D eigenvalue weighted by molar-refractivity contribution is 8.25. The largest absolute Gasteiger partial charge is 0.296 e. The van der Waals surface area contributed by atoms with E-state index in [-0.39, 0.29) is 0 Å². The van der Waals surface area contributed by atoms with Gasteiger partial charge in [-0.05, 0) is 17.7 Å². The maximum atomic E-state index is 9.35. The smallest absolute Gasteiger partial charge is 0.145 e. The van der Waals surface area contributed by atoms with Crippen LogP contribution in [-0.4, -0.2) is 15.3 Å². The molecule has 1 fully saturated rings. The van der Waals surface area contributed by atoms with Gasteiger partial charge in [0.15, 0.2) is 0 Å². The van der Waals surface area contributed by atoms with Crippen molar-refractivity contribution in [1.82, 2.24) is 9.55 Å². The number of allylic oxidation sites excluding steroid dienone is 1. The van der Waals surface area contributed by atoms with E-state index < -0.39 is 0 Å². The third-order valence-corrected chi connectivity index (χ3v) is 6.11. The summed E-state index contributed by atoms with van der Waals surface area (Å²) >= 11 is 9.36. The zero-order valence-electron chi connectivity index (χ0n) is 10.4. The fourth-order valence-electron chi connectivity index (χ4n) is 1.91. The van der Waals surface area contributed by atoms with Gasteiger partial charge in [0.05, 0.1) is 10.6 Å². The predicted octanol–water partition coefficient (Wildman–Crippen LogP) is 4.41. The molecule has 0 bridgehead atoms. The molecule has 6 heteroatoms. The van der Waals surface area contributed by atoms with Gasteiger partial charge in [-0.1, -0.05) is 23.7 Å². The summed E-state index contributed by atoms with van der Waals surface area (Å²) in [7, 11) is 0. The van der Waals surface area contributed by atoms with E-state index in [1.165, 1.54) is 5.56 Å². The summed E-state index contributed by atoms with van der Waals surface area (Å²) in [5.74, 6) is 0.960. The normalized spacial score (nSPS) is 20.7. The Morgan fingerprint density at radius 2 is 2.20 bits per heavy atom. The lowest BCUT2D eigenvalue weighted by atomic mass is 10.2. The zero-order chi connectivity index (χ0) is 13.9. The minimum absolute atomic E-state index is 0.360. The van der Waals surface area contributed by atoms with Crippen LogP contribution in [0.5, 0.6) is 0 Å². The Balaban J connectivity index is 1.86. The Bertz CT molecular complexity index is 671. The van der Waals surface area contributed by atoms with Crippen LogP contribution in [0.15, 0.2) is 47.2 Å². The Kier molecular flexibility index (Phi) is 4.06. The van der Waals surface area contributed by atoms with Crippen molar-refractivity contribution in [2.75, 3.05) is 5.75 Å². The second-order valence-electron chi connectivity index (χ2n) is 4.19. The lowest BCUT2D eigenvalue weighted by Crippen LogP contribution is -1.92. The monoisotopic (exact) mass is 319 g/mol. The van der Waals surface area contributed by atoms with Crippen LogP contribution >= 0.6 is 35.1 Å². The number of nitriles is 1. The van der Waals surface area contributed by atoms with Crippen molar-refractivity contribution in [2.45, 2.75) is 5.25 Å². The minimum Gasteiger partial charge on any atom is -0.296 e. The molecule has 0 radical (unpaired) electrons. The van der Waals surface area contributed by atoms with Crippen LogP contribution < -0.4 is 0 Å². The van der Waals surface area contributed by atoms with Gasteiger partial charge in [0.1, 0.15) is 11.8 Å². The van der Waals surface area contributed by atoms with Crippen molar-refractivity contribution in [1.29, 1.82) is 5.26 Å². The van der Waals surface area contributed by atoms with E-state index in [0.717, 1.165) is 15.0 Å². The van der Waals surface area contributed by atoms with Gasteiger partial charge in [-0.2, -0.15) is 5.26 Å². The molecule has 1 aliphatic heterocycles. The number of hydrogen-bond donors (Lipinski definition) is 0. The highest BCUT2D eigenvalue weighted by atomic mass is 35.5. The number of rotatable bonds is 2. The van der Waals surface area contributed by atoms with Crippen molar-refractivity contribution < 1.29 is 0 Å². The number of hydrogen-bond acceptors (Lipinski definition) is 4. The molecular formula is C14H10ClN3S2. The molecule has 20 heavy (non-hydrogen) atoms. The Labute approximate surface area is 130 Å². The first-order valence-corrected chi connectivity index (χ1v) is 8.20. The summed E-state index contributed by atoms with van der Waals surface area (Å²) in [6.07, 6.45) is 5.13. The summed E-state index contributed by atoms with van der Waals surface area (Å²) < 4.78 is 2.81. The van der Waals surface area contributed by atoms with Crippen LogP contribution in [0.1, 0.15) is 10.8 Å². The maximum absolute atomic E-state index is 9.35. The van der Waals surface area contributed by atoms with E-state index in [4.69, 9.17) is 11.6 Å². The van der Waals surface area contributed by atoms with Gasteiger partial charge < -0.3 is 0 Å². The van der Waals surface area contributed by atoms with Crippen molar-refractivity contribution in [2.24, 2.45) is 0 Å². The standard InChI is InChI=1S/C14H10ClN3S2/c15-11-3-1-10(2-4-11)13-8-19-14(20-13)12(7-16)18-6-5-17-9-18/h1-6,9,13H,8H2. The van der Waals surface area contributed by atoms with E-state index >= 15 is 0 Å². The number of aromatic nitrogens is 2. The predicted molar refractivity (Wildman–Crippen MR) is 85.3 cm³/mol. The third-order valence-electron chi connectivity index (χ3n) is 2.92. The van der Waals surface area contributed by atoms with E-state index in [2.05, 4.69) is 11.1 Å². The van der Waals surface area contributed by atoms with Gasteiger partial charge in [-0.25, -0.2) is 4.98 Å². The van der Waals surface area contributed by atoms with Crippen LogP contribution in [0.2, 0.25) is 5.02 Å². The number of halogens is 1. The average molecular weight is 320 g/mol. The first-order chi connectivity index (χ1) is 9.78. The quantitative estimate of drug-likeness (QED) is 0.769. The molecular weight excluding hydrogens is 310 g/mol. The molecule has 3 nitrogen and oxygen atoms in total. The van der Waals surface area contributed by atoms with Gasteiger partial charge in [0, 0.05) is 28.4 Å². The number of nitrogens with zero attached hydrogens (tertiary/aromatic N) is 3. The van der Waals surface area contributed by atoms with Crippen LogP contribution in [0.4, 0.5) is 0 Å². The van der Waals surface area contributed by atoms with Gasteiger partial charge in [0.2, 0.25) is 0 Å². The molecule has 1 atom stereocenters. The first kappa shape index (κ1) is 13.6. The van der Waals surface area contributed by atoms with Crippen molar-refractivity contribution in [3.63, 3.8) is 0 Å². The summed E-state index contributed by atoms with van der Waals surface area (Å²) in [5, 5.41) is 10.5. The topological polar surface area (TPSA) is 41.6 Å². The van der Waals surface area contributed by atoms with E-state index in [0.29, 0.717) is 10.9 Å². The Morgan fingerprint density at radius 3 is 2.85 bits per heavy atom. The lowest BCUT2D eigenvalue weighted by Gasteiger charge is -2.08. The molecule has 1 aromatic heterocycles. The molecule has 2 aromatic rings. The maximum Gasteiger partial charge on any atom is 0.145 e. The van der Waals surface area contributed by atoms with Crippen molar-refractivity contribution in [3.05, 3.63) is 57.8 Å². The lowest BCUT2D eigenvalue weighted by molar-refractivity contribution is 1.10. The minimum atomic E-state index is 0.360. The van der Waals surface area contributed by atoms with Crippen LogP contribution in [0.3, 0.4) is 0 Å². The molecule has 3 rings (SSSR count). The van der Waals surface area contributed by atoms with E-state index in [1.807, 2.05) is 24.3 Å². The molecule has 0 N–H and O–H groups in total. The van der Waals surface area contributed by atoms with Gasteiger partial charge in [-0.15, -0.1) is 23.5 Å². The first-order valence-electron chi connectivity index (χ1n) is 5.95.